The van der Waals surface area contributed by atoms with Gasteiger partial charge < -0.3 is 0 Å². The maximum atomic E-state index is 4.30. The molecule has 0 aliphatic carbocycles. The molecule has 0 radical (unpaired) electrons. The van der Waals surface area contributed by atoms with Crippen molar-refractivity contribution < 1.29 is 4.40 Å². The van der Waals surface area contributed by atoms with Crippen LogP contribution in [0.25, 0.3) is 16.1 Å². The summed E-state index contributed by atoms with van der Waals surface area (Å²) in [7, 11) is 0. The van der Waals surface area contributed by atoms with E-state index in [1.807, 2.05) is 29.9 Å². The van der Waals surface area contributed by atoms with Gasteiger partial charge in [-0.05, 0) is 6.07 Å². The fourth-order valence-electron chi connectivity index (χ4n) is 1.59. The van der Waals surface area contributed by atoms with Crippen LogP contribution >= 0.6 is 11.3 Å². The summed E-state index contributed by atoms with van der Waals surface area (Å²) in [4.78, 5) is 4.30. The molecular formula is C12H9N2S+. The van der Waals surface area contributed by atoms with Gasteiger partial charge in [0.1, 0.15) is 5.01 Å². The molecule has 0 amide bonds. The Morgan fingerprint density at radius 3 is 3.00 bits per heavy atom. The van der Waals surface area contributed by atoms with Crippen LogP contribution in [0.4, 0.5) is 0 Å². The summed E-state index contributed by atoms with van der Waals surface area (Å²) in [6.07, 6.45) is 5.94. The van der Waals surface area contributed by atoms with Gasteiger partial charge in [0.15, 0.2) is 12.4 Å². The van der Waals surface area contributed by atoms with E-state index >= 15 is 0 Å². The Balaban J connectivity index is 2.22. The molecule has 2 nitrogen and oxygen atoms in total. The van der Waals surface area contributed by atoms with Gasteiger partial charge in [0.2, 0.25) is 5.52 Å². The average molecular weight is 213 g/mol. The molecule has 3 heterocycles. The van der Waals surface area contributed by atoms with Crippen LogP contribution in [0.1, 0.15) is 0 Å². The number of pyridine rings is 2. The van der Waals surface area contributed by atoms with Crippen LogP contribution in [0.2, 0.25) is 0 Å². The van der Waals surface area contributed by atoms with Crippen molar-refractivity contribution in [2.24, 2.45) is 0 Å². The minimum Gasteiger partial charge on any atom is -0.245 e. The molecule has 0 aliphatic rings. The second-order valence-electron chi connectivity index (χ2n) is 3.29. The van der Waals surface area contributed by atoms with Crippen LogP contribution in [0.15, 0.2) is 54.3 Å². The summed E-state index contributed by atoms with van der Waals surface area (Å²) in [6, 6.07) is 10.4. The summed E-state index contributed by atoms with van der Waals surface area (Å²) in [6.45, 7) is 0. The highest BCUT2D eigenvalue weighted by Gasteiger charge is 2.05. The van der Waals surface area contributed by atoms with E-state index in [0.717, 1.165) is 5.01 Å². The monoisotopic (exact) mass is 213 g/mol. The maximum Gasteiger partial charge on any atom is 0.211 e. The first-order chi connectivity index (χ1) is 7.43. The third kappa shape index (κ3) is 1.51. The quantitative estimate of drug-likeness (QED) is 0.568. The molecule has 0 fully saturated rings. The van der Waals surface area contributed by atoms with Crippen molar-refractivity contribution in [3.8, 4) is 10.6 Å². The van der Waals surface area contributed by atoms with Crippen molar-refractivity contribution in [2.75, 3.05) is 0 Å². The third-order valence-corrected chi connectivity index (χ3v) is 3.14. The molecule has 0 spiro atoms. The molecule has 0 N–H and O–H groups in total. The second-order valence-corrected chi connectivity index (χ2v) is 4.18. The molecule has 72 valence electrons. The summed E-state index contributed by atoms with van der Waals surface area (Å²) in [5.41, 5.74) is 2.36. The largest absolute Gasteiger partial charge is 0.245 e. The van der Waals surface area contributed by atoms with Crippen LogP contribution in [0.3, 0.4) is 0 Å². The highest BCUT2D eigenvalue weighted by atomic mass is 32.1. The molecular weight excluding hydrogens is 204 g/mol. The first-order valence-corrected chi connectivity index (χ1v) is 5.61. The normalized spacial score (nSPS) is 10.7. The zero-order chi connectivity index (χ0) is 10.1. The van der Waals surface area contributed by atoms with Gasteiger partial charge in [-0.2, -0.15) is 4.40 Å². The minimum absolute atomic E-state index is 1.07. The van der Waals surface area contributed by atoms with Gasteiger partial charge >= 0.3 is 0 Å². The van der Waals surface area contributed by atoms with Crippen LogP contribution in [-0.4, -0.2) is 4.98 Å². The predicted molar refractivity (Wildman–Crippen MR) is 60.7 cm³/mol. The van der Waals surface area contributed by atoms with Gasteiger partial charge in [-0.1, -0.05) is 0 Å². The van der Waals surface area contributed by atoms with E-state index in [9.17, 15) is 0 Å². The number of nitrogens with zero attached hydrogens (tertiary/aromatic N) is 2. The van der Waals surface area contributed by atoms with E-state index in [-0.39, 0.29) is 0 Å². The van der Waals surface area contributed by atoms with E-state index < -0.39 is 0 Å². The average Bonchev–Trinajstić information content (AvgIpc) is 2.82. The molecule has 0 aromatic carbocycles. The summed E-state index contributed by atoms with van der Waals surface area (Å²) in [5, 5.41) is 3.07. The van der Waals surface area contributed by atoms with Crippen LogP contribution in [0, 0.1) is 0 Å². The van der Waals surface area contributed by atoms with Crippen molar-refractivity contribution in [2.45, 2.75) is 0 Å². The SMILES string of the molecule is c1cc[n+]2ccc(-c3nccs3)cc2c1. The van der Waals surface area contributed by atoms with Gasteiger partial charge in [0.05, 0.1) is 0 Å². The van der Waals surface area contributed by atoms with Gasteiger partial charge in [-0.3, -0.25) is 0 Å². The Morgan fingerprint density at radius 1 is 1.13 bits per heavy atom. The molecule has 3 aromatic heterocycles. The molecule has 3 aromatic rings. The molecule has 15 heavy (non-hydrogen) atoms. The molecule has 3 heteroatoms. The lowest BCUT2D eigenvalue weighted by Gasteiger charge is -1.94. The molecule has 0 unspecified atom stereocenters. The number of thiazole rings is 1. The number of hydrogen-bond donors (Lipinski definition) is 0. The van der Waals surface area contributed by atoms with Crippen LogP contribution in [-0.2, 0) is 0 Å². The lowest BCUT2D eigenvalue weighted by atomic mass is 10.2. The molecule has 3 rings (SSSR count). The van der Waals surface area contributed by atoms with Crippen molar-refractivity contribution in [3.63, 3.8) is 0 Å². The topological polar surface area (TPSA) is 17.0 Å². The standard InChI is InChI=1S/C12H9N2S/c1-2-6-14-7-4-10(9-11(14)3-1)12-13-5-8-15-12/h1-9H/q+1. The van der Waals surface area contributed by atoms with Gasteiger partial charge in [-0.15, -0.1) is 11.3 Å². The number of fused-ring (bicyclic) bond motifs is 1. The lowest BCUT2D eigenvalue weighted by molar-refractivity contribution is -0.511. The summed E-state index contributed by atoms with van der Waals surface area (Å²) in [5.74, 6) is 0. The van der Waals surface area contributed by atoms with Crippen LogP contribution in [0.5, 0.6) is 0 Å². The van der Waals surface area contributed by atoms with Crippen molar-refractivity contribution in [1.82, 2.24) is 4.98 Å². The van der Waals surface area contributed by atoms with E-state index in [0.29, 0.717) is 0 Å². The first kappa shape index (κ1) is 8.56. The van der Waals surface area contributed by atoms with E-state index in [1.165, 1.54) is 11.1 Å². The van der Waals surface area contributed by atoms with Gasteiger partial charge in [-0.25, -0.2) is 4.98 Å². The Morgan fingerprint density at radius 2 is 2.13 bits per heavy atom. The van der Waals surface area contributed by atoms with Crippen molar-refractivity contribution in [3.05, 3.63) is 54.3 Å². The number of rotatable bonds is 1. The summed E-state index contributed by atoms with van der Waals surface area (Å²) >= 11 is 1.66. The fourth-order valence-corrected chi connectivity index (χ4v) is 2.23. The Labute approximate surface area is 91.5 Å². The van der Waals surface area contributed by atoms with E-state index in [1.54, 1.807) is 11.3 Å². The van der Waals surface area contributed by atoms with Gasteiger partial charge in [0, 0.05) is 41.4 Å². The highest BCUT2D eigenvalue weighted by Crippen LogP contribution is 2.21. The first-order valence-electron chi connectivity index (χ1n) is 4.73. The Bertz CT molecular complexity index is 587. The number of hydrogen-bond acceptors (Lipinski definition) is 2. The molecule has 0 saturated heterocycles. The lowest BCUT2D eigenvalue weighted by Crippen LogP contribution is -2.19. The smallest absolute Gasteiger partial charge is 0.211 e. The Hall–Kier alpha value is -1.74. The molecule has 0 atom stereocenters. The predicted octanol–water partition coefficient (Wildman–Crippen LogP) is 2.55. The molecule has 0 aliphatic heterocycles. The van der Waals surface area contributed by atoms with E-state index in [4.69, 9.17) is 0 Å². The zero-order valence-corrected chi connectivity index (χ0v) is 8.82. The highest BCUT2D eigenvalue weighted by molar-refractivity contribution is 7.13. The fraction of sp³-hybridized carbons (Fsp3) is 0. The minimum atomic E-state index is 1.07. The third-order valence-electron chi connectivity index (χ3n) is 2.32. The number of aromatic nitrogens is 2. The molecule has 0 saturated carbocycles. The van der Waals surface area contributed by atoms with Gasteiger partial charge in [0.25, 0.3) is 0 Å². The summed E-state index contributed by atoms with van der Waals surface area (Å²) < 4.78 is 2.09. The Kier molecular flexibility index (Phi) is 1.96. The van der Waals surface area contributed by atoms with Crippen LogP contribution < -0.4 is 4.40 Å². The zero-order valence-electron chi connectivity index (χ0n) is 8.00. The van der Waals surface area contributed by atoms with Crippen molar-refractivity contribution >= 4 is 16.9 Å². The van der Waals surface area contributed by atoms with E-state index in [2.05, 4.69) is 33.8 Å². The maximum absolute atomic E-state index is 4.30. The second kappa shape index (κ2) is 3.44. The molecule has 0 bridgehead atoms. The van der Waals surface area contributed by atoms with Crippen molar-refractivity contribution in [1.29, 1.82) is 0 Å².